The van der Waals surface area contributed by atoms with Crippen LogP contribution < -0.4 is 0 Å². The number of hydrogen-bond acceptors (Lipinski definition) is 7. The Labute approximate surface area is 103 Å². The number of carbonyl (C=O) groups excluding carboxylic acids is 2. The summed E-state index contributed by atoms with van der Waals surface area (Å²) < 4.78 is 24.2. The molecule has 0 aromatic heterocycles. The van der Waals surface area contributed by atoms with Crippen molar-refractivity contribution in [2.24, 2.45) is 0 Å². The molecule has 2 heterocycles. The number of fused-ring (bicyclic) bond motifs is 2. The molecule has 2 aliphatic heterocycles. The van der Waals surface area contributed by atoms with E-state index < -0.39 is 23.9 Å². The lowest BCUT2D eigenvalue weighted by Gasteiger charge is -2.23. The van der Waals surface area contributed by atoms with Gasteiger partial charge < -0.3 is 24.4 Å². The van der Waals surface area contributed by atoms with Crippen molar-refractivity contribution >= 4 is 12.3 Å². The van der Waals surface area contributed by atoms with Gasteiger partial charge in [0.15, 0.2) is 0 Å². The summed E-state index contributed by atoms with van der Waals surface area (Å²) in [5.41, 5.74) is 0. The summed E-state index contributed by atoms with van der Waals surface area (Å²) >= 11 is 0. The second-order valence-corrected chi connectivity index (χ2v) is 3.67. The van der Waals surface area contributed by atoms with Gasteiger partial charge in [-0.15, -0.1) is 0 Å². The van der Waals surface area contributed by atoms with Gasteiger partial charge in [0, 0.05) is 12.8 Å². The Morgan fingerprint density at radius 2 is 1.39 bits per heavy atom. The molecule has 8 heteroatoms. The molecule has 8 nitrogen and oxygen atoms in total. The molecular weight excluding hydrogens is 248 g/mol. The number of ether oxygens (including phenoxy) is 5. The Balaban J connectivity index is 0.00000162. The molecule has 0 spiro atoms. The van der Waals surface area contributed by atoms with E-state index in [2.05, 4.69) is 9.47 Å². The summed E-state index contributed by atoms with van der Waals surface area (Å²) in [6, 6.07) is 0. The Bertz CT molecular complexity index is 344. The van der Waals surface area contributed by atoms with Crippen molar-refractivity contribution in [3.8, 4) is 0 Å². The minimum Gasteiger partial charge on any atom is -0.438 e. The van der Waals surface area contributed by atoms with Crippen molar-refractivity contribution < 1.29 is 38.7 Å². The summed E-state index contributed by atoms with van der Waals surface area (Å²) in [5, 5.41) is 0. The van der Waals surface area contributed by atoms with E-state index in [1.54, 1.807) is 0 Å². The Morgan fingerprint density at radius 1 is 1.00 bits per heavy atom. The minimum absolute atomic E-state index is 0. The van der Waals surface area contributed by atoms with Crippen LogP contribution in [-0.2, 0) is 23.7 Å². The highest BCUT2D eigenvalue weighted by Crippen LogP contribution is 2.47. The number of hydrogen-bond donors (Lipinski definition) is 0. The third kappa shape index (κ3) is 2.39. The average molecular weight is 262 g/mol. The van der Waals surface area contributed by atoms with E-state index in [9.17, 15) is 9.59 Å². The summed E-state index contributed by atoms with van der Waals surface area (Å²) in [6.45, 7) is 0. The molecule has 0 radical (unpaired) electrons. The zero-order valence-corrected chi connectivity index (χ0v) is 9.93. The Morgan fingerprint density at radius 3 is 1.67 bits per heavy atom. The first-order valence-corrected chi connectivity index (χ1v) is 4.98. The highest BCUT2D eigenvalue weighted by atomic mass is 16.9. The molecular formula is C10H14O8. The average Bonchev–Trinajstić information content (AvgIpc) is 2.83. The lowest BCUT2D eigenvalue weighted by molar-refractivity contribution is -0.237. The van der Waals surface area contributed by atoms with Gasteiger partial charge in [-0.3, -0.25) is 4.74 Å². The minimum atomic E-state index is -1.21. The molecule has 0 aromatic carbocycles. The zero-order valence-electron chi connectivity index (χ0n) is 9.93. The second kappa shape index (κ2) is 4.83. The highest BCUT2D eigenvalue weighted by molar-refractivity contribution is 5.62. The normalized spacial score (nSPS) is 31.4. The third-order valence-electron chi connectivity index (χ3n) is 2.60. The van der Waals surface area contributed by atoms with Crippen LogP contribution in [0.5, 0.6) is 0 Å². The topological polar surface area (TPSA) is 112 Å². The second-order valence-electron chi connectivity index (χ2n) is 3.67. The highest BCUT2D eigenvalue weighted by Gasteiger charge is 2.57. The number of carbonyl (C=O) groups is 2. The molecule has 1 saturated heterocycles. The summed E-state index contributed by atoms with van der Waals surface area (Å²) in [4.78, 5) is 22.1. The van der Waals surface area contributed by atoms with Gasteiger partial charge in [-0.25, -0.2) is 9.59 Å². The van der Waals surface area contributed by atoms with Crippen molar-refractivity contribution in [2.45, 2.75) is 24.4 Å². The van der Waals surface area contributed by atoms with Crippen LogP contribution in [0.3, 0.4) is 0 Å². The maximum atomic E-state index is 11.0. The van der Waals surface area contributed by atoms with Gasteiger partial charge in [0.1, 0.15) is 0 Å². The molecule has 2 bridgehead atoms. The first kappa shape index (κ1) is 14.3. The molecule has 2 unspecified atom stereocenters. The lowest BCUT2D eigenvalue weighted by atomic mass is 10.0. The summed E-state index contributed by atoms with van der Waals surface area (Å²) in [5.74, 6) is -2.41. The van der Waals surface area contributed by atoms with E-state index in [1.165, 1.54) is 26.4 Å². The fraction of sp³-hybridized carbons (Fsp3) is 0.600. The quantitative estimate of drug-likeness (QED) is 0.526. The van der Waals surface area contributed by atoms with Gasteiger partial charge >= 0.3 is 12.3 Å². The van der Waals surface area contributed by atoms with Crippen molar-refractivity contribution in [3.05, 3.63) is 12.2 Å². The van der Waals surface area contributed by atoms with Crippen molar-refractivity contribution in [3.63, 3.8) is 0 Å². The van der Waals surface area contributed by atoms with E-state index in [1.807, 2.05) is 0 Å². The van der Waals surface area contributed by atoms with Crippen LogP contribution in [0.25, 0.3) is 0 Å². The molecule has 2 atom stereocenters. The van der Waals surface area contributed by atoms with E-state index in [-0.39, 0.29) is 5.48 Å². The molecule has 2 N–H and O–H groups in total. The maximum absolute atomic E-state index is 11.0. The van der Waals surface area contributed by atoms with Gasteiger partial charge in [-0.2, -0.15) is 0 Å². The van der Waals surface area contributed by atoms with Crippen LogP contribution in [-0.4, -0.2) is 43.6 Å². The van der Waals surface area contributed by atoms with Crippen LogP contribution in [0.4, 0.5) is 9.59 Å². The predicted octanol–water partition coefficient (Wildman–Crippen LogP) is 0.500. The van der Waals surface area contributed by atoms with Crippen LogP contribution in [0, 0.1) is 0 Å². The van der Waals surface area contributed by atoms with Gasteiger partial charge in [-0.05, 0) is 12.2 Å². The molecule has 0 aliphatic carbocycles. The van der Waals surface area contributed by atoms with E-state index >= 15 is 0 Å². The van der Waals surface area contributed by atoms with Gasteiger partial charge in [0.2, 0.25) is 11.6 Å². The summed E-state index contributed by atoms with van der Waals surface area (Å²) in [7, 11) is 2.40. The number of methoxy groups -OCH3 is 2. The molecule has 1 fully saturated rings. The van der Waals surface area contributed by atoms with Crippen molar-refractivity contribution in [1.29, 1.82) is 0 Å². The molecule has 2 rings (SSSR count). The zero-order chi connectivity index (χ0) is 12.5. The summed E-state index contributed by atoms with van der Waals surface area (Å²) in [6.07, 6.45) is 2.11. The van der Waals surface area contributed by atoms with Gasteiger partial charge in [0.25, 0.3) is 0 Å². The predicted molar refractivity (Wildman–Crippen MR) is 55.5 cm³/mol. The van der Waals surface area contributed by atoms with Crippen molar-refractivity contribution in [1.82, 2.24) is 0 Å². The number of rotatable bonds is 2. The molecule has 18 heavy (non-hydrogen) atoms. The first-order valence-electron chi connectivity index (χ1n) is 4.98. The Kier molecular flexibility index (Phi) is 3.82. The lowest BCUT2D eigenvalue weighted by Crippen LogP contribution is -2.34. The monoisotopic (exact) mass is 262 g/mol. The Hall–Kier alpha value is -1.80. The van der Waals surface area contributed by atoms with Gasteiger partial charge in [0.05, 0.1) is 14.2 Å². The first-order chi connectivity index (χ1) is 8.03. The molecule has 0 aromatic rings. The van der Waals surface area contributed by atoms with Crippen LogP contribution in [0.1, 0.15) is 12.8 Å². The molecule has 0 saturated carbocycles. The van der Waals surface area contributed by atoms with E-state index in [4.69, 9.17) is 14.2 Å². The fourth-order valence-electron chi connectivity index (χ4n) is 1.81. The van der Waals surface area contributed by atoms with Crippen LogP contribution in [0.2, 0.25) is 0 Å². The van der Waals surface area contributed by atoms with Gasteiger partial charge in [-0.1, -0.05) is 0 Å². The molecule has 0 amide bonds. The van der Waals surface area contributed by atoms with E-state index in [0.717, 1.165) is 0 Å². The smallest absolute Gasteiger partial charge is 0.438 e. The van der Waals surface area contributed by atoms with Crippen molar-refractivity contribution in [2.75, 3.05) is 14.2 Å². The van der Waals surface area contributed by atoms with Crippen LogP contribution in [0.15, 0.2) is 12.2 Å². The van der Waals surface area contributed by atoms with E-state index in [0.29, 0.717) is 12.8 Å². The van der Waals surface area contributed by atoms with Crippen LogP contribution >= 0.6 is 0 Å². The molecule has 2 aliphatic rings. The molecule has 102 valence electrons. The largest absolute Gasteiger partial charge is 0.510 e. The SMILES string of the molecule is COC(=O)OC12C=CC(OC(=O)OC)(CC1)O2.O. The fourth-order valence-corrected chi connectivity index (χ4v) is 1.81. The standard InChI is InChI=1S/C10H12O7.H2O/c1-13-7(11)15-9-3-5-10(17-9,6-4-9)16-8(12)14-2;/h3,5H,4,6H2,1-2H3;1H2. The maximum Gasteiger partial charge on any atom is 0.510 e. The third-order valence-corrected chi connectivity index (χ3v) is 2.60.